The van der Waals surface area contributed by atoms with E-state index in [9.17, 15) is 0 Å². The lowest BCUT2D eigenvalue weighted by Gasteiger charge is -2.33. The Balaban J connectivity index is 1.87. The Morgan fingerprint density at radius 3 is 2.76 bits per heavy atom. The number of hydrogen-bond acceptors (Lipinski definition) is 5. The van der Waals surface area contributed by atoms with Crippen LogP contribution in [0, 0.1) is 6.92 Å². The fourth-order valence-corrected chi connectivity index (χ4v) is 2.87. The summed E-state index contributed by atoms with van der Waals surface area (Å²) in [4.78, 5) is 6.70. The molecule has 25 heavy (non-hydrogen) atoms. The lowest BCUT2D eigenvalue weighted by molar-refractivity contribution is 0.0124. The molecule has 1 unspecified atom stereocenters. The molecule has 142 valence electrons. The van der Waals surface area contributed by atoms with Gasteiger partial charge in [0.25, 0.3) is 0 Å². The van der Waals surface area contributed by atoms with Gasteiger partial charge in [0.2, 0.25) is 0 Å². The zero-order valence-corrected chi connectivity index (χ0v) is 15.7. The molecule has 0 amide bonds. The molecule has 1 atom stereocenters. The first-order valence-electron chi connectivity index (χ1n) is 9.15. The number of hydrogen-bond donors (Lipinski definition) is 2. The predicted octanol–water partition coefficient (Wildman–Crippen LogP) is 1.55. The van der Waals surface area contributed by atoms with E-state index < -0.39 is 0 Å². The molecule has 1 aromatic heterocycles. The fraction of sp³-hybridized carbons (Fsp3) is 0.722. The van der Waals surface area contributed by atoms with Gasteiger partial charge in [0, 0.05) is 46.4 Å². The summed E-state index contributed by atoms with van der Waals surface area (Å²) in [5.41, 5.74) is 0. The number of guanidine groups is 1. The van der Waals surface area contributed by atoms with E-state index in [-0.39, 0.29) is 6.04 Å². The van der Waals surface area contributed by atoms with Crippen LogP contribution in [0.3, 0.4) is 0 Å². The van der Waals surface area contributed by atoms with Crippen molar-refractivity contribution in [2.24, 2.45) is 4.99 Å². The normalized spacial score (nSPS) is 17.5. The molecule has 7 nitrogen and oxygen atoms in total. The summed E-state index contributed by atoms with van der Waals surface area (Å²) in [6.45, 7) is 10.4. The van der Waals surface area contributed by atoms with Gasteiger partial charge in [-0.2, -0.15) is 0 Å². The van der Waals surface area contributed by atoms with Gasteiger partial charge >= 0.3 is 0 Å². The van der Waals surface area contributed by atoms with Crippen molar-refractivity contribution in [3.05, 3.63) is 23.7 Å². The Labute approximate surface area is 150 Å². The average Bonchev–Trinajstić information content (AvgIpc) is 3.07. The highest BCUT2D eigenvalue weighted by Crippen LogP contribution is 2.23. The van der Waals surface area contributed by atoms with Crippen LogP contribution in [0.25, 0.3) is 0 Å². The van der Waals surface area contributed by atoms with E-state index in [0.717, 1.165) is 76.5 Å². The van der Waals surface area contributed by atoms with Crippen LogP contribution in [0.5, 0.6) is 0 Å². The topological polar surface area (TPSA) is 71.3 Å². The Kier molecular flexibility index (Phi) is 8.79. The van der Waals surface area contributed by atoms with Crippen molar-refractivity contribution in [2.75, 3.05) is 59.7 Å². The first-order chi connectivity index (χ1) is 12.2. The van der Waals surface area contributed by atoms with Crippen LogP contribution in [0.1, 0.15) is 30.9 Å². The average molecular weight is 352 g/mol. The molecule has 1 fully saturated rings. The second-order valence-corrected chi connectivity index (χ2v) is 6.04. The summed E-state index contributed by atoms with van der Waals surface area (Å²) in [5, 5.41) is 6.75. The molecule has 2 heterocycles. The lowest BCUT2D eigenvalue weighted by atomic mass is 10.1. The number of nitrogens with zero attached hydrogens (tertiary/aromatic N) is 2. The van der Waals surface area contributed by atoms with Crippen LogP contribution in [-0.4, -0.2) is 70.5 Å². The number of rotatable bonds is 9. The Morgan fingerprint density at radius 2 is 2.12 bits per heavy atom. The van der Waals surface area contributed by atoms with Crippen LogP contribution < -0.4 is 10.6 Å². The van der Waals surface area contributed by atoms with Crippen molar-refractivity contribution in [2.45, 2.75) is 26.3 Å². The Morgan fingerprint density at radius 1 is 1.32 bits per heavy atom. The first kappa shape index (κ1) is 19.8. The van der Waals surface area contributed by atoms with Crippen molar-refractivity contribution >= 4 is 5.96 Å². The van der Waals surface area contributed by atoms with E-state index in [0.29, 0.717) is 0 Å². The van der Waals surface area contributed by atoms with Crippen LogP contribution in [0.4, 0.5) is 0 Å². The zero-order chi connectivity index (χ0) is 17.9. The Bertz CT molecular complexity index is 512. The predicted molar refractivity (Wildman–Crippen MR) is 99.1 cm³/mol. The van der Waals surface area contributed by atoms with E-state index in [1.807, 2.05) is 19.9 Å². The van der Waals surface area contributed by atoms with E-state index in [2.05, 4.69) is 26.6 Å². The second-order valence-electron chi connectivity index (χ2n) is 6.04. The molecule has 1 aromatic rings. The Hall–Kier alpha value is -1.57. The van der Waals surface area contributed by atoms with Gasteiger partial charge in [0.05, 0.1) is 19.3 Å². The third-order valence-corrected chi connectivity index (χ3v) is 4.22. The summed E-state index contributed by atoms with van der Waals surface area (Å²) in [6.07, 6.45) is 0.957. The van der Waals surface area contributed by atoms with Crippen LogP contribution >= 0.6 is 0 Å². The number of aryl methyl sites for hydroxylation is 1. The number of nitrogens with one attached hydrogen (secondary N) is 2. The number of morpholine rings is 1. The molecule has 0 spiro atoms. The minimum atomic E-state index is 0.166. The number of ether oxygens (including phenoxy) is 2. The maximum absolute atomic E-state index is 5.89. The van der Waals surface area contributed by atoms with E-state index in [4.69, 9.17) is 13.9 Å². The van der Waals surface area contributed by atoms with Gasteiger partial charge in [0.1, 0.15) is 11.5 Å². The van der Waals surface area contributed by atoms with Gasteiger partial charge in [-0.1, -0.05) is 0 Å². The van der Waals surface area contributed by atoms with Gasteiger partial charge in [-0.25, -0.2) is 0 Å². The highest BCUT2D eigenvalue weighted by atomic mass is 16.5. The van der Waals surface area contributed by atoms with Crippen LogP contribution in [-0.2, 0) is 9.47 Å². The first-order valence-corrected chi connectivity index (χ1v) is 9.15. The summed E-state index contributed by atoms with van der Waals surface area (Å²) >= 11 is 0. The summed E-state index contributed by atoms with van der Waals surface area (Å²) in [5.74, 6) is 2.73. The highest BCUT2D eigenvalue weighted by molar-refractivity contribution is 5.79. The van der Waals surface area contributed by atoms with E-state index in [1.165, 1.54) is 0 Å². The number of aliphatic imine (C=N–C) groups is 1. The zero-order valence-electron chi connectivity index (χ0n) is 15.7. The molecule has 0 bridgehead atoms. The minimum absolute atomic E-state index is 0.166. The molecular weight excluding hydrogens is 320 g/mol. The second kappa shape index (κ2) is 11.1. The van der Waals surface area contributed by atoms with E-state index >= 15 is 0 Å². The van der Waals surface area contributed by atoms with Gasteiger partial charge in [0.15, 0.2) is 5.96 Å². The molecule has 2 rings (SSSR count). The largest absolute Gasteiger partial charge is 0.465 e. The van der Waals surface area contributed by atoms with Crippen molar-refractivity contribution < 1.29 is 13.9 Å². The summed E-state index contributed by atoms with van der Waals surface area (Å²) < 4.78 is 16.7. The monoisotopic (exact) mass is 352 g/mol. The van der Waals surface area contributed by atoms with Crippen molar-refractivity contribution in [3.8, 4) is 0 Å². The van der Waals surface area contributed by atoms with Crippen LogP contribution in [0.15, 0.2) is 21.5 Å². The minimum Gasteiger partial charge on any atom is -0.465 e. The van der Waals surface area contributed by atoms with Crippen LogP contribution in [0.2, 0.25) is 0 Å². The quantitative estimate of drug-likeness (QED) is 0.399. The molecule has 1 aliphatic heterocycles. The molecule has 1 aliphatic rings. The highest BCUT2D eigenvalue weighted by Gasteiger charge is 2.25. The lowest BCUT2D eigenvalue weighted by Crippen LogP contribution is -2.46. The fourth-order valence-electron chi connectivity index (χ4n) is 2.87. The smallest absolute Gasteiger partial charge is 0.191 e. The van der Waals surface area contributed by atoms with Crippen molar-refractivity contribution in [1.29, 1.82) is 0 Å². The van der Waals surface area contributed by atoms with E-state index in [1.54, 1.807) is 7.05 Å². The standard InChI is InChI=1S/C18H32N4O3/c1-4-23-11-5-8-20-18(19-3)21-14-16(17-7-6-15(2)25-17)22-9-12-24-13-10-22/h6-7,16H,4-5,8-14H2,1-3H3,(H2,19,20,21). The third kappa shape index (κ3) is 6.68. The maximum Gasteiger partial charge on any atom is 0.191 e. The molecule has 0 aliphatic carbocycles. The molecule has 0 radical (unpaired) electrons. The molecule has 7 heteroatoms. The molecule has 0 saturated carbocycles. The van der Waals surface area contributed by atoms with Gasteiger partial charge in [-0.05, 0) is 32.4 Å². The molecular formula is C18H32N4O3. The SMILES string of the molecule is CCOCCCNC(=NC)NCC(c1ccc(C)o1)N1CCOCC1. The third-order valence-electron chi connectivity index (χ3n) is 4.22. The molecule has 0 aromatic carbocycles. The van der Waals surface area contributed by atoms with Gasteiger partial charge < -0.3 is 24.5 Å². The maximum atomic E-state index is 5.89. The van der Waals surface area contributed by atoms with Crippen molar-refractivity contribution in [1.82, 2.24) is 15.5 Å². The van der Waals surface area contributed by atoms with Gasteiger partial charge in [-0.15, -0.1) is 0 Å². The molecule has 1 saturated heterocycles. The van der Waals surface area contributed by atoms with Crippen molar-refractivity contribution in [3.63, 3.8) is 0 Å². The summed E-state index contributed by atoms with van der Waals surface area (Å²) in [6, 6.07) is 4.25. The number of furan rings is 1. The summed E-state index contributed by atoms with van der Waals surface area (Å²) in [7, 11) is 1.79. The molecule has 2 N–H and O–H groups in total. The van der Waals surface area contributed by atoms with Gasteiger partial charge in [-0.3, -0.25) is 9.89 Å².